The molecule has 26 heavy (non-hydrogen) atoms. The zero-order valence-corrected chi connectivity index (χ0v) is 15.5. The first kappa shape index (κ1) is 18.4. The summed E-state index contributed by atoms with van der Waals surface area (Å²) in [4.78, 5) is 0. The number of nitrogens with one attached hydrogen (secondary N) is 2. The number of hydrogen-bond acceptors (Lipinski definition) is 2. The Kier molecular flexibility index (Phi) is 6.20. The highest BCUT2D eigenvalue weighted by Crippen LogP contribution is 2.18. The fourth-order valence-electron chi connectivity index (χ4n) is 2.47. The number of rotatable bonds is 6. The Bertz CT molecular complexity index is 882. The molecule has 0 radical (unpaired) electrons. The largest absolute Gasteiger partial charge is 0.362 e. The van der Waals surface area contributed by atoms with Gasteiger partial charge in [-0.05, 0) is 41.9 Å². The molecular weight excluding hydrogens is 371 g/mol. The molecule has 2 aromatic carbocycles. The normalized spacial score (nSPS) is 10.5. The van der Waals surface area contributed by atoms with Crippen molar-refractivity contribution < 1.29 is 4.39 Å². The third-order valence-corrected chi connectivity index (χ3v) is 4.37. The molecule has 1 heterocycles. The van der Waals surface area contributed by atoms with Gasteiger partial charge < -0.3 is 10.6 Å². The van der Waals surface area contributed by atoms with Gasteiger partial charge in [-0.25, -0.2) is 4.39 Å². The van der Waals surface area contributed by atoms with E-state index in [-0.39, 0.29) is 5.82 Å². The fraction of sp³-hybridized carbons (Fsp3) is 0.158. The average molecular weight is 389 g/mol. The molecule has 0 bridgehead atoms. The summed E-state index contributed by atoms with van der Waals surface area (Å²) < 4.78 is 14.8. The van der Waals surface area contributed by atoms with Gasteiger partial charge in [0.15, 0.2) is 10.9 Å². The predicted octanol–water partition coefficient (Wildman–Crippen LogP) is 4.25. The number of aromatic nitrogens is 2. The standard InChI is InChI=1S/C19H18ClFN4S/c20-17-12-16(21)7-6-15(17)13-25-11-9-18(24-25)23-19(26)22-10-8-14-4-2-1-3-5-14/h1-7,9,11-12H,8,10,13H2,(H2,22,23,24,26). The van der Waals surface area contributed by atoms with E-state index in [0.29, 0.717) is 22.5 Å². The third kappa shape index (κ3) is 5.28. The van der Waals surface area contributed by atoms with E-state index in [1.54, 1.807) is 10.7 Å². The number of thiocarbonyl (C=S) groups is 1. The maximum atomic E-state index is 13.1. The highest BCUT2D eigenvalue weighted by atomic mass is 35.5. The van der Waals surface area contributed by atoms with Gasteiger partial charge in [0, 0.05) is 23.8 Å². The van der Waals surface area contributed by atoms with E-state index in [1.165, 1.54) is 17.7 Å². The third-order valence-electron chi connectivity index (χ3n) is 3.77. The number of halogens is 2. The van der Waals surface area contributed by atoms with Crippen LogP contribution in [0.4, 0.5) is 10.2 Å². The van der Waals surface area contributed by atoms with Crippen LogP contribution in [-0.4, -0.2) is 21.4 Å². The summed E-state index contributed by atoms with van der Waals surface area (Å²) in [5.41, 5.74) is 2.05. The molecule has 7 heteroatoms. The van der Waals surface area contributed by atoms with Crippen LogP contribution < -0.4 is 10.6 Å². The summed E-state index contributed by atoms with van der Waals surface area (Å²) in [5, 5.41) is 11.5. The summed E-state index contributed by atoms with van der Waals surface area (Å²) in [7, 11) is 0. The molecule has 0 amide bonds. The molecule has 1 aromatic heterocycles. The van der Waals surface area contributed by atoms with Crippen molar-refractivity contribution in [3.8, 4) is 0 Å². The van der Waals surface area contributed by atoms with E-state index >= 15 is 0 Å². The van der Waals surface area contributed by atoms with Gasteiger partial charge in [0.2, 0.25) is 0 Å². The van der Waals surface area contributed by atoms with Crippen molar-refractivity contribution in [1.82, 2.24) is 15.1 Å². The van der Waals surface area contributed by atoms with Crippen molar-refractivity contribution in [3.05, 3.63) is 82.8 Å². The van der Waals surface area contributed by atoms with E-state index in [1.807, 2.05) is 30.5 Å². The van der Waals surface area contributed by atoms with Gasteiger partial charge in [0.05, 0.1) is 6.54 Å². The van der Waals surface area contributed by atoms with Crippen molar-refractivity contribution >= 4 is 34.7 Å². The van der Waals surface area contributed by atoms with Gasteiger partial charge in [0.25, 0.3) is 0 Å². The molecular formula is C19H18ClFN4S. The molecule has 0 unspecified atom stereocenters. The van der Waals surface area contributed by atoms with Gasteiger partial charge in [-0.3, -0.25) is 4.68 Å². The maximum absolute atomic E-state index is 13.1. The van der Waals surface area contributed by atoms with E-state index in [9.17, 15) is 4.39 Å². The van der Waals surface area contributed by atoms with Crippen molar-refractivity contribution in [2.45, 2.75) is 13.0 Å². The number of benzene rings is 2. The van der Waals surface area contributed by atoms with Crippen LogP contribution in [0, 0.1) is 5.82 Å². The first-order chi connectivity index (χ1) is 12.6. The topological polar surface area (TPSA) is 41.9 Å². The lowest BCUT2D eigenvalue weighted by atomic mass is 10.1. The van der Waals surface area contributed by atoms with E-state index in [2.05, 4.69) is 27.9 Å². The van der Waals surface area contributed by atoms with E-state index in [4.69, 9.17) is 23.8 Å². The van der Waals surface area contributed by atoms with Crippen molar-refractivity contribution in [2.24, 2.45) is 0 Å². The van der Waals surface area contributed by atoms with Crippen molar-refractivity contribution in [3.63, 3.8) is 0 Å². The second-order valence-corrected chi connectivity index (χ2v) is 6.57. The molecule has 2 N–H and O–H groups in total. The van der Waals surface area contributed by atoms with Crippen molar-refractivity contribution in [2.75, 3.05) is 11.9 Å². The first-order valence-corrected chi connectivity index (χ1v) is 8.95. The molecule has 0 aliphatic rings. The summed E-state index contributed by atoms with van der Waals surface area (Å²) in [6.07, 6.45) is 2.70. The number of anilines is 1. The maximum Gasteiger partial charge on any atom is 0.172 e. The van der Waals surface area contributed by atoms with E-state index < -0.39 is 0 Å². The Morgan fingerprint density at radius 1 is 1.15 bits per heavy atom. The van der Waals surface area contributed by atoms with Crippen LogP contribution in [0.3, 0.4) is 0 Å². The van der Waals surface area contributed by atoms with Crippen molar-refractivity contribution in [1.29, 1.82) is 0 Å². The van der Waals surface area contributed by atoms with Crippen LogP contribution in [0.15, 0.2) is 60.8 Å². The molecule has 0 aliphatic heterocycles. The Balaban J connectivity index is 1.49. The minimum atomic E-state index is -0.353. The Hall–Kier alpha value is -2.44. The smallest absolute Gasteiger partial charge is 0.172 e. The zero-order chi connectivity index (χ0) is 18.4. The molecule has 0 atom stereocenters. The molecule has 3 aromatic rings. The summed E-state index contributed by atoms with van der Waals surface area (Å²) in [6.45, 7) is 1.19. The Morgan fingerprint density at radius 2 is 1.96 bits per heavy atom. The molecule has 134 valence electrons. The molecule has 0 fully saturated rings. The lowest BCUT2D eigenvalue weighted by Crippen LogP contribution is -2.30. The fourth-order valence-corrected chi connectivity index (χ4v) is 2.90. The number of nitrogens with zero attached hydrogens (tertiary/aromatic N) is 2. The second-order valence-electron chi connectivity index (χ2n) is 5.75. The van der Waals surface area contributed by atoms with Gasteiger partial charge >= 0.3 is 0 Å². The Labute approximate surface area is 162 Å². The quantitative estimate of drug-likeness (QED) is 0.619. The molecule has 0 spiro atoms. The van der Waals surface area contributed by atoms with Crippen LogP contribution in [-0.2, 0) is 13.0 Å². The van der Waals surface area contributed by atoms with Gasteiger partial charge in [-0.15, -0.1) is 0 Å². The second kappa shape index (κ2) is 8.78. The number of hydrogen-bond donors (Lipinski definition) is 2. The molecule has 0 saturated carbocycles. The minimum absolute atomic E-state index is 0.353. The lowest BCUT2D eigenvalue weighted by Gasteiger charge is -2.09. The molecule has 4 nitrogen and oxygen atoms in total. The van der Waals surface area contributed by atoms with Gasteiger partial charge in [-0.2, -0.15) is 5.10 Å². The highest BCUT2D eigenvalue weighted by molar-refractivity contribution is 7.80. The summed E-state index contributed by atoms with van der Waals surface area (Å²) >= 11 is 11.3. The van der Waals surface area contributed by atoms with Crippen LogP contribution >= 0.6 is 23.8 Å². The monoisotopic (exact) mass is 388 g/mol. The highest BCUT2D eigenvalue weighted by Gasteiger charge is 2.06. The lowest BCUT2D eigenvalue weighted by molar-refractivity contribution is 0.624. The average Bonchev–Trinajstić information content (AvgIpc) is 3.05. The van der Waals surface area contributed by atoms with Crippen LogP contribution in [0.25, 0.3) is 0 Å². The summed E-state index contributed by atoms with van der Waals surface area (Å²) in [6, 6.07) is 16.4. The SMILES string of the molecule is Fc1ccc(Cn2ccc(NC(=S)NCCc3ccccc3)n2)c(Cl)c1. The first-order valence-electron chi connectivity index (χ1n) is 8.16. The minimum Gasteiger partial charge on any atom is -0.362 e. The van der Waals surface area contributed by atoms with Crippen LogP contribution in [0.5, 0.6) is 0 Å². The Morgan fingerprint density at radius 3 is 2.73 bits per heavy atom. The summed E-state index contributed by atoms with van der Waals surface area (Å²) in [5.74, 6) is 0.286. The van der Waals surface area contributed by atoms with Gasteiger partial charge in [0.1, 0.15) is 5.82 Å². The van der Waals surface area contributed by atoms with Gasteiger partial charge in [-0.1, -0.05) is 48.0 Å². The van der Waals surface area contributed by atoms with Crippen LogP contribution in [0.1, 0.15) is 11.1 Å². The predicted molar refractivity (Wildman–Crippen MR) is 107 cm³/mol. The molecule has 0 saturated heterocycles. The van der Waals surface area contributed by atoms with E-state index in [0.717, 1.165) is 18.5 Å². The molecule has 0 aliphatic carbocycles. The zero-order valence-electron chi connectivity index (χ0n) is 14.0. The van der Waals surface area contributed by atoms with Crippen LogP contribution in [0.2, 0.25) is 5.02 Å². The molecule has 3 rings (SSSR count).